The predicted octanol–water partition coefficient (Wildman–Crippen LogP) is 4.80. The third kappa shape index (κ3) is 4.43. The van der Waals surface area contributed by atoms with E-state index in [-0.39, 0.29) is 27.1 Å². The van der Waals surface area contributed by atoms with Crippen molar-refractivity contribution in [2.24, 2.45) is 7.05 Å². The first kappa shape index (κ1) is 21.8. The van der Waals surface area contributed by atoms with Crippen molar-refractivity contribution in [2.75, 3.05) is 4.72 Å². The number of anilines is 1. The molecule has 12 heteroatoms. The van der Waals surface area contributed by atoms with Crippen LogP contribution in [0.1, 0.15) is 5.56 Å². The molecule has 0 aliphatic carbocycles. The minimum atomic E-state index is -4.01. The first-order valence-corrected chi connectivity index (χ1v) is 11.6. The van der Waals surface area contributed by atoms with E-state index >= 15 is 0 Å². The predicted molar refractivity (Wildman–Crippen MR) is 118 cm³/mol. The highest BCUT2D eigenvalue weighted by Crippen LogP contribution is 2.36. The lowest BCUT2D eigenvalue weighted by atomic mass is 10.1. The van der Waals surface area contributed by atoms with Gasteiger partial charge in [-0.2, -0.15) is 10.4 Å². The van der Waals surface area contributed by atoms with Gasteiger partial charge in [0.25, 0.3) is 10.0 Å². The average molecular weight is 490 g/mol. The summed E-state index contributed by atoms with van der Waals surface area (Å²) in [4.78, 5) is 3.71. The zero-order chi connectivity index (χ0) is 22.9. The van der Waals surface area contributed by atoms with Gasteiger partial charge >= 0.3 is 0 Å². The van der Waals surface area contributed by atoms with Crippen LogP contribution in [0.2, 0.25) is 4.34 Å². The first-order valence-electron chi connectivity index (χ1n) is 8.91. The van der Waals surface area contributed by atoms with Gasteiger partial charge in [-0.25, -0.2) is 17.8 Å². The molecule has 32 heavy (non-hydrogen) atoms. The first-order chi connectivity index (χ1) is 15.3. The fourth-order valence-electron chi connectivity index (χ4n) is 2.88. The molecule has 0 fully saturated rings. The summed E-state index contributed by atoms with van der Waals surface area (Å²) in [6.07, 6.45) is 2.89. The molecule has 0 atom stereocenters. The highest BCUT2D eigenvalue weighted by molar-refractivity contribution is 7.93. The van der Waals surface area contributed by atoms with Crippen molar-refractivity contribution in [1.29, 1.82) is 5.26 Å². The molecule has 0 unspecified atom stereocenters. The number of benzene rings is 2. The molecule has 2 aromatic carbocycles. The van der Waals surface area contributed by atoms with Crippen molar-refractivity contribution in [2.45, 2.75) is 4.90 Å². The Kier molecular flexibility index (Phi) is 5.84. The van der Waals surface area contributed by atoms with Gasteiger partial charge in [0.1, 0.15) is 27.7 Å². The van der Waals surface area contributed by atoms with E-state index in [4.69, 9.17) is 16.3 Å². The molecule has 0 saturated heterocycles. The topological polar surface area (TPSA) is 110 Å². The number of nitrogens with one attached hydrogen (secondary N) is 1. The second-order valence-electron chi connectivity index (χ2n) is 6.43. The smallest absolute Gasteiger partial charge is 0.263 e. The normalized spacial score (nSPS) is 11.2. The maximum Gasteiger partial charge on any atom is 0.263 e. The molecule has 0 bridgehead atoms. The number of ether oxygens (including phenoxy) is 1. The number of thiazole rings is 1. The molecule has 4 rings (SSSR count). The van der Waals surface area contributed by atoms with Crippen molar-refractivity contribution in [3.8, 4) is 28.8 Å². The lowest BCUT2D eigenvalue weighted by Gasteiger charge is -2.13. The average Bonchev–Trinajstić information content (AvgIpc) is 3.36. The SMILES string of the molecule is Cn1nccc1-c1cc(F)ccc1Oc1ccc(S(=O)(=O)Nc2ncc(Cl)s2)cc1C#N. The molecule has 0 radical (unpaired) electrons. The van der Waals surface area contributed by atoms with Gasteiger partial charge in [0, 0.05) is 18.8 Å². The summed E-state index contributed by atoms with van der Waals surface area (Å²) in [7, 11) is -2.30. The van der Waals surface area contributed by atoms with Crippen LogP contribution in [0.25, 0.3) is 11.3 Å². The summed E-state index contributed by atoms with van der Waals surface area (Å²) in [6.45, 7) is 0. The summed E-state index contributed by atoms with van der Waals surface area (Å²) in [5, 5.41) is 13.8. The fourth-order valence-corrected chi connectivity index (χ4v) is 4.96. The van der Waals surface area contributed by atoms with Crippen LogP contribution in [0, 0.1) is 17.1 Å². The van der Waals surface area contributed by atoms with E-state index < -0.39 is 15.8 Å². The van der Waals surface area contributed by atoms with E-state index in [1.54, 1.807) is 24.0 Å². The minimum Gasteiger partial charge on any atom is -0.455 e. The molecule has 0 spiro atoms. The molecule has 162 valence electrons. The van der Waals surface area contributed by atoms with E-state index in [9.17, 15) is 18.1 Å². The van der Waals surface area contributed by atoms with Crippen LogP contribution >= 0.6 is 22.9 Å². The van der Waals surface area contributed by atoms with E-state index in [0.717, 1.165) is 11.3 Å². The Hall–Kier alpha value is -3.46. The number of rotatable bonds is 6. The Labute approximate surface area is 191 Å². The number of nitriles is 1. The van der Waals surface area contributed by atoms with Gasteiger partial charge < -0.3 is 4.74 Å². The van der Waals surface area contributed by atoms with Crippen molar-refractivity contribution in [1.82, 2.24) is 14.8 Å². The van der Waals surface area contributed by atoms with E-state index in [1.165, 1.54) is 42.6 Å². The maximum absolute atomic E-state index is 13.9. The van der Waals surface area contributed by atoms with Gasteiger partial charge in [-0.15, -0.1) is 0 Å². The van der Waals surface area contributed by atoms with E-state index in [2.05, 4.69) is 14.8 Å². The van der Waals surface area contributed by atoms with Crippen molar-refractivity contribution in [3.63, 3.8) is 0 Å². The molecule has 0 amide bonds. The third-order valence-corrected chi connectivity index (χ3v) is 6.84. The molecule has 8 nitrogen and oxygen atoms in total. The third-order valence-electron chi connectivity index (χ3n) is 4.34. The van der Waals surface area contributed by atoms with Gasteiger partial charge in [0.05, 0.1) is 22.3 Å². The lowest BCUT2D eigenvalue weighted by Crippen LogP contribution is -2.13. The Morgan fingerprint density at radius 1 is 1.22 bits per heavy atom. The van der Waals surface area contributed by atoms with Crippen molar-refractivity contribution < 1.29 is 17.5 Å². The number of aromatic nitrogens is 3. The Morgan fingerprint density at radius 2 is 2.00 bits per heavy atom. The summed E-state index contributed by atoms with van der Waals surface area (Å²) < 4.78 is 49.3. The van der Waals surface area contributed by atoms with Gasteiger partial charge in [-0.3, -0.25) is 9.40 Å². The second-order valence-corrected chi connectivity index (χ2v) is 9.77. The standard InChI is InChI=1S/C20H13ClFN5O3S2/c1-27-16(6-7-25-27)15-9-13(22)2-4-18(15)30-17-5-3-14(8-12(17)10-23)32(28,29)26-20-24-11-19(21)31-20/h2-9,11H,1H3,(H,24,26). The quantitative estimate of drug-likeness (QED) is 0.416. The van der Waals surface area contributed by atoms with Crippen LogP contribution in [-0.4, -0.2) is 23.2 Å². The highest BCUT2D eigenvalue weighted by atomic mass is 35.5. The van der Waals surface area contributed by atoms with Crippen LogP contribution < -0.4 is 9.46 Å². The summed E-state index contributed by atoms with van der Waals surface area (Å²) in [5.41, 5.74) is 1.00. The van der Waals surface area contributed by atoms with Crippen LogP contribution in [0.15, 0.2) is 59.8 Å². The number of hydrogen-bond acceptors (Lipinski definition) is 7. The highest BCUT2D eigenvalue weighted by Gasteiger charge is 2.20. The molecular formula is C20H13ClFN5O3S2. The molecular weight excluding hydrogens is 477 g/mol. The van der Waals surface area contributed by atoms with Crippen LogP contribution in [0.3, 0.4) is 0 Å². The largest absolute Gasteiger partial charge is 0.455 e. The van der Waals surface area contributed by atoms with Gasteiger partial charge in [-0.1, -0.05) is 22.9 Å². The Bertz CT molecular complexity index is 1460. The molecule has 0 aliphatic rings. The van der Waals surface area contributed by atoms with Gasteiger partial charge in [0.2, 0.25) is 0 Å². The zero-order valence-corrected chi connectivity index (χ0v) is 18.7. The molecule has 2 heterocycles. The maximum atomic E-state index is 13.9. The summed E-state index contributed by atoms with van der Waals surface area (Å²) in [6, 6.07) is 11.4. The Balaban J connectivity index is 1.68. The number of aryl methyl sites for hydroxylation is 1. The van der Waals surface area contributed by atoms with E-state index in [0.29, 0.717) is 15.6 Å². The lowest BCUT2D eigenvalue weighted by molar-refractivity contribution is 0.479. The molecule has 0 aliphatic heterocycles. The summed E-state index contributed by atoms with van der Waals surface area (Å²) in [5.74, 6) is -0.0831. The fraction of sp³-hybridized carbons (Fsp3) is 0.0500. The summed E-state index contributed by atoms with van der Waals surface area (Å²) >= 11 is 6.75. The minimum absolute atomic E-state index is 0.0228. The van der Waals surface area contributed by atoms with Crippen LogP contribution in [-0.2, 0) is 17.1 Å². The van der Waals surface area contributed by atoms with Crippen molar-refractivity contribution >= 4 is 38.1 Å². The van der Waals surface area contributed by atoms with Crippen LogP contribution in [0.5, 0.6) is 11.5 Å². The number of hydrogen-bond donors (Lipinski definition) is 1. The molecule has 4 aromatic rings. The van der Waals surface area contributed by atoms with E-state index in [1.807, 2.05) is 6.07 Å². The molecule has 1 N–H and O–H groups in total. The zero-order valence-electron chi connectivity index (χ0n) is 16.3. The number of halogens is 2. The molecule has 0 saturated carbocycles. The Morgan fingerprint density at radius 3 is 2.66 bits per heavy atom. The second kappa shape index (κ2) is 8.58. The van der Waals surface area contributed by atoms with Gasteiger partial charge in [-0.05, 0) is 42.5 Å². The van der Waals surface area contributed by atoms with Crippen molar-refractivity contribution in [3.05, 3.63) is 70.6 Å². The van der Waals surface area contributed by atoms with Gasteiger partial charge in [0.15, 0.2) is 5.13 Å². The van der Waals surface area contributed by atoms with Crippen LogP contribution in [0.4, 0.5) is 9.52 Å². The monoisotopic (exact) mass is 489 g/mol. The molecule has 2 aromatic heterocycles. The number of sulfonamides is 1. The number of nitrogens with zero attached hydrogens (tertiary/aromatic N) is 4.